The molecule has 2 aliphatic rings. The van der Waals surface area contributed by atoms with Gasteiger partial charge >= 0.3 is 6.36 Å². The van der Waals surface area contributed by atoms with Crippen molar-refractivity contribution in [2.75, 3.05) is 0 Å². The van der Waals surface area contributed by atoms with Gasteiger partial charge in [-0.05, 0) is 37.8 Å². The molecule has 1 atom stereocenters. The normalized spacial score (nSPS) is 19.9. The molecule has 0 radical (unpaired) electrons. The number of para-hydroxylation sites is 1. The first-order valence-electron chi connectivity index (χ1n) is 10.3. The molecule has 30 heavy (non-hydrogen) atoms. The number of nitriles is 1. The summed E-state index contributed by atoms with van der Waals surface area (Å²) in [6.07, 6.45) is 1.42. The molecular formula is C21H22BF3N2O3. The molecule has 1 aliphatic heterocycles. The van der Waals surface area contributed by atoms with Crippen LogP contribution in [0.5, 0.6) is 5.75 Å². The molecule has 158 valence electrons. The number of ether oxygens (including phenoxy) is 2. The van der Waals surface area contributed by atoms with Gasteiger partial charge < -0.3 is 14.0 Å². The molecule has 0 N–H and O–H groups in total. The smallest absolute Gasteiger partial charge is 0.405 e. The van der Waals surface area contributed by atoms with Crippen LogP contribution in [0.25, 0.3) is 11.3 Å². The largest absolute Gasteiger partial charge is 0.573 e. The number of hydrogen-bond donors (Lipinski definition) is 0. The van der Waals surface area contributed by atoms with Crippen molar-refractivity contribution in [1.82, 2.24) is 5.16 Å². The third-order valence-electron chi connectivity index (χ3n) is 5.70. The van der Waals surface area contributed by atoms with Crippen LogP contribution >= 0.6 is 0 Å². The summed E-state index contributed by atoms with van der Waals surface area (Å²) >= 11 is 0. The summed E-state index contributed by atoms with van der Waals surface area (Å²) in [4.78, 5) is 0. The maximum atomic E-state index is 12.9. The molecule has 1 aliphatic carbocycles. The molecule has 0 amide bonds. The van der Waals surface area contributed by atoms with Gasteiger partial charge in [0.15, 0.2) is 0 Å². The number of rotatable bonds is 6. The van der Waals surface area contributed by atoms with Crippen LogP contribution < -0.4 is 4.74 Å². The van der Waals surface area contributed by atoms with Crippen LogP contribution in [-0.2, 0) is 11.3 Å². The molecule has 5 nitrogen and oxygen atoms in total. The zero-order chi connectivity index (χ0) is 21.1. The first kappa shape index (κ1) is 20.8. The number of hydrogen-bond acceptors (Lipinski definition) is 5. The summed E-state index contributed by atoms with van der Waals surface area (Å²) < 4.78 is 54.5. The molecule has 1 saturated carbocycles. The molecule has 4 rings (SSSR count). The quantitative estimate of drug-likeness (QED) is 0.560. The average molecular weight is 418 g/mol. The second-order valence-corrected chi connectivity index (χ2v) is 7.96. The Morgan fingerprint density at radius 1 is 1.17 bits per heavy atom. The van der Waals surface area contributed by atoms with Crippen molar-refractivity contribution < 1.29 is 27.2 Å². The van der Waals surface area contributed by atoms with Crippen LogP contribution in [0.1, 0.15) is 49.3 Å². The predicted molar refractivity (Wildman–Crippen MR) is 104 cm³/mol. The van der Waals surface area contributed by atoms with Crippen LogP contribution in [0, 0.1) is 11.2 Å². The van der Waals surface area contributed by atoms with E-state index in [-0.39, 0.29) is 36.7 Å². The van der Waals surface area contributed by atoms with E-state index in [1.54, 1.807) is 12.1 Å². The van der Waals surface area contributed by atoms with Crippen LogP contribution in [0.4, 0.5) is 13.2 Å². The zero-order valence-corrected chi connectivity index (χ0v) is 16.5. The Bertz CT molecular complexity index is 921. The fraction of sp³-hybridized carbons (Fsp3) is 0.524. The van der Waals surface area contributed by atoms with Gasteiger partial charge in [0, 0.05) is 23.0 Å². The summed E-state index contributed by atoms with van der Waals surface area (Å²) in [5.74, 6) is 2.95. The minimum atomic E-state index is -4.80. The molecule has 2 heterocycles. The van der Waals surface area contributed by atoms with Crippen LogP contribution in [0.15, 0.2) is 28.8 Å². The standard InChI is InChI=1S/C21H22BF3N2O3/c23-21(24,25)29-18-6-2-1-5-16(18)19-17(20(30-27-19)14-7-8-14)12-28-15-4-3-10-22(13-26)11-9-15/h1-2,5-6,14-15H,3-4,7-12H2. The van der Waals surface area contributed by atoms with E-state index >= 15 is 0 Å². The van der Waals surface area contributed by atoms with Crippen molar-refractivity contribution in [1.29, 1.82) is 5.26 Å². The minimum Gasteiger partial charge on any atom is -0.405 e. The van der Waals surface area contributed by atoms with Crippen molar-refractivity contribution >= 4 is 6.71 Å². The van der Waals surface area contributed by atoms with Gasteiger partial charge in [0.25, 0.3) is 6.71 Å². The molecular weight excluding hydrogens is 396 g/mol. The number of halogens is 3. The number of nitrogens with zero attached hydrogens (tertiary/aromatic N) is 2. The second-order valence-electron chi connectivity index (χ2n) is 7.96. The van der Waals surface area contributed by atoms with E-state index in [0.29, 0.717) is 17.0 Å². The molecule has 1 unspecified atom stereocenters. The monoisotopic (exact) mass is 418 g/mol. The summed E-state index contributed by atoms with van der Waals surface area (Å²) in [6, 6.07) is 5.94. The molecule has 2 aromatic rings. The van der Waals surface area contributed by atoms with Gasteiger partial charge in [-0.15, -0.1) is 13.2 Å². The number of aromatic nitrogens is 1. The van der Waals surface area contributed by atoms with Crippen molar-refractivity contribution in [3.05, 3.63) is 35.6 Å². The Morgan fingerprint density at radius 2 is 1.97 bits per heavy atom. The SMILES string of the molecule is N#CB1CCCC(OCc2c(-c3ccccc3OC(F)(F)F)noc2C2CC2)CC1. The van der Waals surface area contributed by atoms with E-state index in [0.717, 1.165) is 44.7 Å². The average Bonchev–Trinajstić information content (AvgIpc) is 3.50. The minimum absolute atomic E-state index is 0.0137. The summed E-state index contributed by atoms with van der Waals surface area (Å²) in [6.45, 7) is 0.283. The molecule has 0 bridgehead atoms. The summed E-state index contributed by atoms with van der Waals surface area (Å²) in [7, 11) is 0. The Kier molecular flexibility index (Phi) is 6.05. The van der Waals surface area contributed by atoms with Crippen molar-refractivity contribution in [3.8, 4) is 23.0 Å². The summed E-state index contributed by atoms with van der Waals surface area (Å²) in [5.41, 5.74) is 1.26. The van der Waals surface area contributed by atoms with Gasteiger partial charge in [-0.1, -0.05) is 36.4 Å². The molecule has 2 fully saturated rings. The van der Waals surface area contributed by atoms with Crippen molar-refractivity contribution in [3.63, 3.8) is 0 Å². The third-order valence-corrected chi connectivity index (χ3v) is 5.70. The van der Waals surface area contributed by atoms with E-state index in [2.05, 4.69) is 15.9 Å². The van der Waals surface area contributed by atoms with Gasteiger partial charge in [-0.3, -0.25) is 0 Å². The maximum Gasteiger partial charge on any atom is 0.573 e. The molecule has 1 aromatic heterocycles. The lowest BCUT2D eigenvalue weighted by molar-refractivity contribution is -0.274. The van der Waals surface area contributed by atoms with Gasteiger partial charge in [0.1, 0.15) is 17.2 Å². The van der Waals surface area contributed by atoms with Crippen molar-refractivity contribution in [2.24, 2.45) is 0 Å². The fourth-order valence-electron chi connectivity index (χ4n) is 3.98. The Hall–Kier alpha value is -2.47. The lowest BCUT2D eigenvalue weighted by Crippen LogP contribution is -2.17. The lowest BCUT2D eigenvalue weighted by Gasteiger charge is -2.16. The topological polar surface area (TPSA) is 68.3 Å². The highest BCUT2D eigenvalue weighted by Crippen LogP contribution is 2.45. The lowest BCUT2D eigenvalue weighted by atomic mass is 9.46. The predicted octanol–water partition coefficient (Wildman–Crippen LogP) is 5.74. The molecule has 1 saturated heterocycles. The van der Waals surface area contributed by atoms with Crippen LogP contribution in [-0.4, -0.2) is 24.3 Å². The summed E-state index contributed by atoms with van der Waals surface area (Å²) in [5, 5.41) is 13.3. The van der Waals surface area contributed by atoms with Crippen molar-refractivity contribution in [2.45, 2.75) is 69.7 Å². The Morgan fingerprint density at radius 3 is 2.70 bits per heavy atom. The van der Waals surface area contributed by atoms with E-state index in [1.807, 2.05) is 0 Å². The highest BCUT2D eigenvalue weighted by Gasteiger charge is 2.36. The van der Waals surface area contributed by atoms with Gasteiger partial charge in [0.2, 0.25) is 0 Å². The third kappa shape index (κ3) is 4.98. The van der Waals surface area contributed by atoms with E-state index in [1.165, 1.54) is 12.1 Å². The first-order chi connectivity index (χ1) is 14.4. The highest BCUT2D eigenvalue weighted by atomic mass is 19.4. The fourth-order valence-corrected chi connectivity index (χ4v) is 3.98. The maximum absolute atomic E-state index is 12.9. The van der Waals surface area contributed by atoms with E-state index in [9.17, 15) is 13.2 Å². The molecule has 0 spiro atoms. The van der Waals surface area contributed by atoms with E-state index in [4.69, 9.17) is 14.5 Å². The Labute approximate surface area is 173 Å². The highest BCUT2D eigenvalue weighted by molar-refractivity contribution is 6.66. The zero-order valence-electron chi connectivity index (χ0n) is 16.5. The van der Waals surface area contributed by atoms with Gasteiger partial charge in [-0.2, -0.15) is 0 Å². The van der Waals surface area contributed by atoms with Crippen LogP contribution in [0.2, 0.25) is 12.6 Å². The second kappa shape index (κ2) is 8.72. The number of benzene rings is 1. The Balaban J connectivity index is 1.57. The molecule has 9 heteroatoms. The van der Waals surface area contributed by atoms with E-state index < -0.39 is 6.36 Å². The van der Waals surface area contributed by atoms with Gasteiger partial charge in [0.05, 0.1) is 12.7 Å². The number of alkyl halides is 3. The van der Waals surface area contributed by atoms with Gasteiger partial charge in [-0.25, -0.2) is 5.26 Å². The molecule has 1 aromatic carbocycles. The first-order valence-corrected chi connectivity index (χ1v) is 10.3. The van der Waals surface area contributed by atoms with Crippen LogP contribution in [0.3, 0.4) is 0 Å².